The highest BCUT2D eigenvalue weighted by Crippen LogP contribution is 2.21. The van der Waals surface area contributed by atoms with Gasteiger partial charge in [0.15, 0.2) is 0 Å². The number of aryl methyl sites for hydroxylation is 1. The molecule has 0 unspecified atom stereocenters. The van der Waals surface area contributed by atoms with E-state index in [1.54, 1.807) is 0 Å². The first-order valence-corrected chi connectivity index (χ1v) is 7.98. The van der Waals surface area contributed by atoms with E-state index in [0.29, 0.717) is 0 Å². The predicted molar refractivity (Wildman–Crippen MR) is 91.0 cm³/mol. The molecule has 0 aliphatic carbocycles. The number of rotatable bonds is 4. The van der Waals surface area contributed by atoms with Gasteiger partial charge in [-0.3, -0.25) is 4.90 Å². The van der Waals surface area contributed by atoms with Gasteiger partial charge in [-0.25, -0.2) is 0 Å². The molecule has 3 rings (SSSR count). The normalized spacial score (nSPS) is 16.0. The zero-order valence-electron chi connectivity index (χ0n) is 13.2. The number of aliphatic hydroxyl groups is 1. The fraction of sp³-hybridized carbons (Fsp3) is 0.368. The molecule has 0 radical (unpaired) electrons. The maximum atomic E-state index is 9.09. The van der Waals surface area contributed by atoms with Crippen molar-refractivity contribution in [3.05, 3.63) is 65.2 Å². The average Bonchev–Trinajstić information content (AvgIpc) is 2.57. The minimum atomic E-state index is 0.120. The van der Waals surface area contributed by atoms with Crippen LogP contribution in [0.25, 0.3) is 0 Å². The molecule has 0 aromatic heterocycles. The molecule has 22 heavy (non-hydrogen) atoms. The Morgan fingerprint density at radius 2 is 1.50 bits per heavy atom. The van der Waals surface area contributed by atoms with Gasteiger partial charge in [-0.2, -0.15) is 0 Å². The Labute approximate surface area is 132 Å². The van der Waals surface area contributed by atoms with Crippen LogP contribution in [-0.4, -0.2) is 36.2 Å². The maximum absolute atomic E-state index is 9.09. The fourth-order valence-corrected chi connectivity index (χ4v) is 3.07. The first-order chi connectivity index (χ1) is 10.8. The van der Waals surface area contributed by atoms with Crippen molar-refractivity contribution >= 4 is 5.69 Å². The number of aliphatic hydroxyl groups excluding tert-OH is 1. The third-order valence-corrected chi connectivity index (χ3v) is 4.44. The summed E-state index contributed by atoms with van der Waals surface area (Å²) >= 11 is 0. The van der Waals surface area contributed by atoms with Crippen LogP contribution in [0.3, 0.4) is 0 Å². The van der Waals surface area contributed by atoms with Gasteiger partial charge in [0, 0.05) is 38.4 Å². The third kappa shape index (κ3) is 3.49. The Kier molecular flexibility index (Phi) is 4.76. The van der Waals surface area contributed by atoms with E-state index in [2.05, 4.69) is 53.1 Å². The van der Waals surface area contributed by atoms with Crippen molar-refractivity contribution < 1.29 is 5.11 Å². The van der Waals surface area contributed by atoms with Gasteiger partial charge in [0.2, 0.25) is 0 Å². The smallest absolute Gasteiger partial charge is 0.0681 e. The highest BCUT2D eigenvalue weighted by atomic mass is 16.3. The summed E-state index contributed by atoms with van der Waals surface area (Å²) in [5.41, 5.74) is 5.03. The van der Waals surface area contributed by atoms with Crippen molar-refractivity contribution in [3.63, 3.8) is 0 Å². The number of anilines is 1. The van der Waals surface area contributed by atoms with Gasteiger partial charge < -0.3 is 10.0 Å². The maximum Gasteiger partial charge on any atom is 0.0681 e. The van der Waals surface area contributed by atoms with Crippen LogP contribution in [0.2, 0.25) is 0 Å². The number of para-hydroxylation sites is 1. The topological polar surface area (TPSA) is 26.7 Å². The monoisotopic (exact) mass is 296 g/mol. The molecule has 0 atom stereocenters. The van der Waals surface area contributed by atoms with Gasteiger partial charge in [0.25, 0.3) is 0 Å². The molecule has 0 bridgehead atoms. The molecule has 1 N–H and O–H groups in total. The first kappa shape index (κ1) is 15.1. The van der Waals surface area contributed by atoms with Crippen molar-refractivity contribution in [1.29, 1.82) is 0 Å². The van der Waals surface area contributed by atoms with E-state index in [0.717, 1.165) is 38.3 Å². The largest absolute Gasteiger partial charge is 0.392 e. The molecule has 1 heterocycles. The second-order valence-electron chi connectivity index (χ2n) is 6.02. The fourth-order valence-electron chi connectivity index (χ4n) is 3.07. The summed E-state index contributed by atoms with van der Waals surface area (Å²) in [4.78, 5) is 4.99. The molecular formula is C19H24N2O. The molecule has 116 valence electrons. The quantitative estimate of drug-likeness (QED) is 0.940. The van der Waals surface area contributed by atoms with Gasteiger partial charge >= 0.3 is 0 Å². The molecule has 1 saturated heterocycles. The second kappa shape index (κ2) is 6.95. The number of piperazine rings is 1. The van der Waals surface area contributed by atoms with Gasteiger partial charge in [0.1, 0.15) is 0 Å². The van der Waals surface area contributed by atoms with E-state index in [-0.39, 0.29) is 6.61 Å². The lowest BCUT2D eigenvalue weighted by Crippen LogP contribution is -2.46. The third-order valence-electron chi connectivity index (χ3n) is 4.44. The zero-order valence-corrected chi connectivity index (χ0v) is 13.2. The number of hydrogen-bond donors (Lipinski definition) is 1. The lowest BCUT2D eigenvalue weighted by Gasteiger charge is -2.36. The van der Waals surface area contributed by atoms with Crippen molar-refractivity contribution in [2.24, 2.45) is 0 Å². The van der Waals surface area contributed by atoms with Crippen LogP contribution >= 0.6 is 0 Å². The number of nitrogens with zero attached hydrogens (tertiary/aromatic N) is 2. The number of hydrogen-bond acceptors (Lipinski definition) is 3. The summed E-state index contributed by atoms with van der Waals surface area (Å²) in [5.74, 6) is 0. The first-order valence-electron chi connectivity index (χ1n) is 7.98. The van der Waals surface area contributed by atoms with E-state index in [1.165, 1.54) is 16.8 Å². The predicted octanol–water partition coefficient (Wildman–Crippen LogP) is 2.81. The number of benzene rings is 2. The Morgan fingerprint density at radius 1 is 0.864 bits per heavy atom. The van der Waals surface area contributed by atoms with Gasteiger partial charge in [-0.15, -0.1) is 0 Å². The lowest BCUT2D eigenvalue weighted by atomic mass is 10.1. The van der Waals surface area contributed by atoms with Crippen LogP contribution in [0.1, 0.15) is 16.7 Å². The molecule has 3 nitrogen and oxygen atoms in total. The van der Waals surface area contributed by atoms with Crippen LogP contribution in [0.4, 0.5) is 5.69 Å². The van der Waals surface area contributed by atoms with Crippen molar-refractivity contribution in [2.45, 2.75) is 20.1 Å². The minimum Gasteiger partial charge on any atom is -0.392 e. The molecule has 1 aliphatic rings. The molecule has 1 fully saturated rings. The molecule has 2 aromatic carbocycles. The minimum absolute atomic E-state index is 0.120. The van der Waals surface area contributed by atoms with Crippen LogP contribution < -0.4 is 4.90 Å². The molecular weight excluding hydrogens is 272 g/mol. The van der Waals surface area contributed by atoms with E-state index in [4.69, 9.17) is 5.11 Å². The molecule has 3 heteroatoms. The van der Waals surface area contributed by atoms with E-state index >= 15 is 0 Å². The van der Waals surface area contributed by atoms with Crippen molar-refractivity contribution in [1.82, 2.24) is 4.90 Å². The van der Waals surface area contributed by atoms with E-state index < -0.39 is 0 Å². The summed E-state index contributed by atoms with van der Waals surface area (Å²) in [6.45, 7) is 7.65. The summed E-state index contributed by atoms with van der Waals surface area (Å²) < 4.78 is 0. The van der Waals surface area contributed by atoms with Gasteiger partial charge in [0.05, 0.1) is 6.61 Å². The molecule has 0 amide bonds. The SMILES string of the molecule is Cc1ccccc1N1CCN(Cc2ccc(CO)cc2)CC1. The summed E-state index contributed by atoms with van der Waals surface area (Å²) in [7, 11) is 0. The van der Waals surface area contributed by atoms with Crippen molar-refractivity contribution in [3.8, 4) is 0 Å². The lowest BCUT2D eigenvalue weighted by molar-refractivity contribution is 0.249. The Balaban J connectivity index is 1.56. The second-order valence-corrected chi connectivity index (χ2v) is 6.02. The summed E-state index contributed by atoms with van der Waals surface area (Å²) in [6.07, 6.45) is 0. The van der Waals surface area contributed by atoms with Crippen LogP contribution in [0.5, 0.6) is 0 Å². The summed E-state index contributed by atoms with van der Waals surface area (Å²) in [6, 6.07) is 16.9. The molecule has 1 aliphatic heterocycles. The van der Waals surface area contributed by atoms with Gasteiger partial charge in [-0.05, 0) is 29.7 Å². The molecule has 0 saturated carbocycles. The van der Waals surface area contributed by atoms with Crippen LogP contribution in [-0.2, 0) is 13.2 Å². The Hall–Kier alpha value is -1.84. The molecule has 2 aromatic rings. The zero-order chi connectivity index (χ0) is 15.4. The molecule has 0 spiro atoms. The van der Waals surface area contributed by atoms with E-state index in [1.807, 2.05) is 12.1 Å². The Bertz CT molecular complexity index is 601. The highest BCUT2D eigenvalue weighted by Gasteiger charge is 2.18. The Morgan fingerprint density at radius 3 is 2.14 bits per heavy atom. The average molecular weight is 296 g/mol. The van der Waals surface area contributed by atoms with E-state index in [9.17, 15) is 0 Å². The van der Waals surface area contributed by atoms with Crippen molar-refractivity contribution in [2.75, 3.05) is 31.1 Å². The highest BCUT2D eigenvalue weighted by molar-refractivity contribution is 5.53. The van der Waals surface area contributed by atoms with Gasteiger partial charge in [-0.1, -0.05) is 42.5 Å². The summed E-state index contributed by atoms with van der Waals surface area (Å²) in [5, 5.41) is 9.09. The standard InChI is InChI=1S/C19H24N2O/c1-16-4-2-3-5-19(16)21-12-10-20(11-13-21)14-17-6-8-18(15-22)9-7-17/h2-9,22H,10-15H2,1H3. The van der Waals surface area contributed by atoms with Crippen LogP contribution in [0, 0.1) is 6.92 Å². The van der Waals surface area contributed by atoms with Crippen LogP contribution in [0.15, 0.2) is 48.5 Å².